The molecule has 0 aliphatic carbocycles. The molecule has 0 saturated carbocycles. The van der Waals surface area contributed by atoms with Gasteiger partial charge in [-0.05, 0) is 36.4 Å². The third-order valence-corrected chi connectivity index (χ3v) is 2.12. The molecule has 0 aliphatic rings. The summed E-state index contributed by atoms with van der Waals surface area (Å²) >= 11 is 5.76. The lowest BCUT2D eigenvalue weighted by atomic mass is 10.3. The second-order valence-electron chi connectivity index (χ2n) is 3.01. The Morgan fingerprint density at radius 1 is 0.688 bits per heavy atom. The highest BCUT2D eigenvalue weighted by Crippen LogP contribution is 2.19. The van der Waals surface area contributed by atoms with Gasteiger partial charge in [-0.3, -0.25) is 0 Å². The molecule has 0 aromatic heterocycles. The molecule has 0 unspecified atom stereocenters. The van der Waals surface area contributed by atoms with E-state index in [4.69, 9.17) is 11.6 Å². The first-order valence-electron chi connectivity index (χ1n) is 4.57. The zero-order valence-corrected chi connectivity index (χ0v) is 9.95. The summed E-state index contributed by atoms with van der Waals surface area (Å²) in [5.74, 6) is 0. The van der Waals surface area contributed by atoms with Crippen molar-refractivity contribution in [2.24, 2.45) is 10.2 Å². The van der Waals surface area contributed by atoms with E-state index in [1.807, 2.05) is 42.5 Å². The average molecular weight is 253 g/mol. The van der Waals surface area contributed by atoms with E-state index in [9.17, 15) is 0 Å². The minimum atomic E-state index is 0. The highest BCUT2D eigenvalue weighted by atomic mass is 35.5. The monoisotopic (exact) mass is 252 g/mol. The fraction of sp³-hybridized carbons (Fsp3) is 0. The predicted octanol–water partition coefficient (Wildman–Crippen LogP) is 5.18. The molecule has 2 nitrogen and oxygen atoms in total. The van der Waals surface area contributed by atoms with E-state index in [2.05, 4.69) is 10.2 Å². The number of benzene rings is 2. The van der Waals surface area contributed by atoms with Crippen molar-refractivity contribution in [1.29, 1.82) is 0 Å². The summed E-state index contributed by atoms with van der Waals surface area (Å²) in [4.78, 5) is 0. The molecule has 2 aromatic rings. The maximum Gasteiger partial charge on any atom is 0.0858 e. The minimum absolute atomic E-state index is 0. The van der Waals surface area contributed by atoms with Crippen LogP contribution in [0.25, 0.3) is 0 Å². The van der Waals surface area contributed by atoms with Crippen LogP contribution in [0.3, 0.4) is 0 Å². The van der Waals surface area contributed by atoms with Crippen LogP contribution in [0.4, 0.5) is 11.4 Å². The molecule has 0 amide bonds. The molecule has 0 aliphatic heterocycles. The van der Waals surface area contributed by atoms with E-state index in [1.165, 1.54) is 0 Å². The predicted molar refractivity (Wildman–Crippen MR) is 69.3 cm³/mol. The second-order valence-corrected chi connectivity index (χ2v) is 3.45. The van der Waals surface area contributed by atoms with Gasteiger partial charge in [-0.2, -0.15) is 10.2 Å². The van der Waals surface area contributed by atoms with Gasteiger partial charge in [0.25, 0.3) is 0 Å². The van der Waals surface area contributed by atoms with Crippen molar-refractivity contribution in [2.45, 2.75) is 0 Å². The van der Waals surface area contributed by atoms with Gasteiger partial charge >= 0.3 is 0 Å². The lowest BCUT2D eigenvalue weighted by Gasteiger charge is -1.92. The summed E-state index contributed by atoms with van der Waals surface area (Å²) in [7, 11) is 0. The Balaban J connectivity index is 0.00000128. The number of halogens is 2. The molecule has 2 rings (SSSR count). The highest BCUT2D eigenvalue weighted by molar-refractivity contribution is 6.30. The Kier molecular flexibility index (Phi) is 4.96. The van der Waals surface area contributed by atoms with Gasteiger partial charge in [0.15, 0.2) is 0 Å². The number of azo groups is 1. The Labute approximate surface area is 105 Å². The van der Waals surface area contributed by atoms with Crippen LogP contribution < -0.4 is 0 Å². The molecule has 0 atom stereocenters. The zero-order chi connectivity index (χ0) is 10.5. The van der Waals surface area contributed by atoms with Gasteiger partial charge in [-0.25, -0.2) is 0 Å². The first-order valence-corrected chi connectivity index (χ1v) is 4.95. The normalized spacial score (nSPS) is 10.1. The van der Waals surface area contributed by atoms with Crippen molar-refractivity contribution >= 4 is 35.4 Å². The molecule has 0 fully saturated rings. The average Bonchev–Trinajstić information content (AvgIpc) is 2.30. The van der Waals surface area contributed by atoms with Gasteiger partial charge in [-0.15, -0.1) is 12.4 Å². The van der Waals surface area contributed by atoms with E-state index in [-0.39, 0.29) is 12.4 Å². The molecule has 0 N–H and O–H groups in total. The van der Waals surface area contributed by atoms with E-state index in [0.29, 0.717) is 5.02 Å². The summed E-state index contributed by atoms with van der Waals surface area (Å²) in [6.45, 7) is 0. The van der Waals surface area contributed by atoms with Crippen LogP contribution in [0.5, 0.6) is 0 Å². The Morgan fingerprint density at radius 2 is 1.19 bits per heavy atom. The Morgan fingerprint density at radius 3 is 1.75 bits per heavy atom. The summed E-state index contributed by atoms with van der Waals surface area (Å²) in [6, 6.07) is 16.8. The summed E-state index contributed by atoms with van der Waals surface area (Å²) in [5, 5.41) is 8.87. The number of hydrogen-bond donors (Lipinski definition) is 0. The third-order valence-electron chi connectivity index (χ3n) is 1.86. The van der Waals surface area contributed by atoms with Gasteiger partial charge in [0, 0.05) is 5.02 Å². The molecule has 2 aromatic carbocycles. The molecule has 4 heteroatoms. The van der Waals surface area contributed by atoms with Crippen molar-refractivity contribution in [1.82, 2.24) is 0 Å². The van der Waals surface area contributed by atoms with Crippen molar-refractivity contribution in [3.8, 4) is 0 Å². The lowest BCUT2D eigenvalue weighted by molar-refractivity contribution is 1.23. The fourth-order valence-corrected chi connectivity index (χ4v) is 1.24. The van der Waals surface area contributed by atoms with Crippen LogP contribution in [0.2, 0.25) is 5.02 Å². The van der Waals surface area contributed by atoms with Crippen LogP contribution in [-0.2, 0) is 0 Å². The zero-order valence-electron chi connectivity index (χ0n) is 8.38. The van der Waals surface area contributed by atoms with Gasteiger partial charge < -0.3 is 0 Å². The number of rotatable bonds is 2. The van der Waals surface area contributed by atoms with Gasteiger partial charge in [-0.1, -0.05) is 29.8 Å². The fourth-order valence-electron chi connectivity index (χ4n) is 1.12. The number of hydrogen-bond acceptors (Lipinski definition) is 2. The van der Waals surface area contributed by atoms with E-state index in [1.54, 1.807) is 12.1 Å². The quantitative estimate of drug-likeness (QED) is 0.659. The van der Waals surface area contributed by atoms with Crippen molar-refractivity contribution < 1.29 is 0 Å². The maximum absolute atomic E-state index is 5.76. The Bertz CT molecular complexity index is 452. The summed E-state index contributed by atoms with van der Waals surface area (Å²) < 4.78 is 0. The first-order chi connectivity index (χ1) is 7.34. The van der Waals surface area contributed by atoms with Gasteiger partial charge in [0.1, 0.15) is 0 Å². The first kappa shape index (κ1) is 12.7. The summed E-state index contributed by atoms with van der Waals surface area (Å²) in [6.07, 6.45) is 0. The Hall–Kier alpha value is -1.38. The van der Waals surface area contributed by atoms with E-state index < -0.39 is 0 Å². The van der Waals surface area contributed by atoms with Crippen molar-refractivity contribution in [2.75, 3.05) is 0 Å². The standard InChI is InChI=1S/C12H9ClN2.ClH/c13-10-6-8-12(9-7-10)15-14-11-4-2-1-3-5-11;/h1-9H;1H/b15-14+;. The molecular weight excluding hydrogens is 243 g/mol. The molecule has 82 valence electrons. The molecule has 0 heterocycles. The number of nitrogens with zero attached hydrogens (tertiary/aromatic N) is 2. The molecule has 0 radical (unpaired) electrons. The molecule has 0 saturated heterocycles. The largest absolute Gasteiger partial charge is 0.151 e. The lowest BCUT2D eigenvalue weighted by Crippen LogP contribution is -1.64. The highest BCUT2D eigenvalue weighted by Gasteiger charge is 1.90. The van der Waals surface area contributed by atoms with Crippen LogP contribution in [0, 0.1) is 0 Å². The van der Waals surface area contributed by atoms with Crippen LogP contribution in [-0.4, -0.2) is 0 Å². The van der Waals surface area contributed by atoms with Crippen LogP contribution in [0.1, 0.15) is 0 Å². The van der Waals surface area contributed by atoms with E-state index in [0.717, 1.165) is 11.4 Å². The smallest absolute Gasteiger partial charge is 0.0858 e. The SMILES string of the molecule is Cl.Clc1ccc(/N=N/c2ccccc2)cc1. The third kappa shape index (κ3) is 3.65. The second kappa shape index (κ2) is 6.26. The van der Waals surface area contributed by atoms with Crippen molar-refractivity contribution in [3.63, 3.8) is 0 Å². The van der Waals surface area contributed by atoms with E-state index >= 15 is 0 Å². The van der Waals surface area contributed by atoms with Crippen LogP contribution >= 0.6 is 24.0 Å². The minimum Gasteiger partial charge on any atom is -0.151 e. The van der Waals surface area contributed by atoms with Crippen LogP contribution in [0.15, 0.2) is 64.8 Å². The summed E-state index contributed by atoms with van der Waals surface area (Å²) in [5.41, 5.74) is 1.63. The molecular formula is C12H10Cl2N2. The molecule has 16 heavy (non-hydrogen) atoms. The van der Waals surface area contributed by atoms with Gasteiger partial charge in [0.05, 0.1) is 11.4 Å². The van der Waals surface area contributed by atoms with Gasteiger partial charge in [0.2, 0.25) is 0 Å². The molecule has 0 bridgehead atoms. The topological polar surface area (TPSA) is 24.7 Å². The van der Waals surface area contributed by atoms with Crippen molar-refractivity contribution in [3.05, 3.63) is 59.6 Å². The molecule has 0 spiro atoms. The maximum atomic E-state index is 5.76.